The van der Waals surface area contributed by atoms with Crippen LogP contribution in [-0.4, -0.2) is 13.7 Å². The van der Waals surface area contributed by atoms with Gasteiger partial charge >= 0.3 is 0 Å². The lowest BCUT2D eigenvalue weighted by Gasteiger charge is -2.11. The van der Waals surface area contributed by atoms with Gasteiger partial charge in [0.1, 0.15) is 5.75 Å². The highest BCUT2D eigenvalue weighted by atomic mass is 16.5. The maximum atomic E-state index is 5.76. The van der Waals surface area contributed by atoms with E-state index in [1.807, 2.05) is 31.3 Å². The minimum Gasteiger partial charge on any atom is -0.493 e. The van der Waals surface area contributed by atoms with E-state index in [1.165, 1.54) is 25.7 Å². The fraction of sp³-hybridized carbons (Fsp3) is 0.538. The lowest BCUT2D eigenvalue weighted by atomic mass is 10.1. The van der Waals surface area contributed by atoms with Crippen LogP contribution in [-0.2, 0) is 0 Å². The van der Waals surface area contributed by atoms with Crippen molar-refractivity contribution in [3.8, 4) is 5.75 Å². The Morgan fingerprint density at radius 3 is 2.47 bits per heavy atom. The molecule has 1 N–H and O–H groups in total. The minimum absolute atomic E-state index is 0.786. The number of nitrogens with one attached hydrogen (secondary N) is 1. The van der Waals surface area contributed by atoms with Gasteiger partial charge in [-0.1, -0.05) is 12.8 Å². The Labute approximate surface area is 91.6 Å². The molecule has 0 spiro atoms. The van der Waals surface area contributed by atoms with E-state index in [1.54, 1.807) is 0 Å². The number of benzene rings is 1. The summed E-state index contributed by atoms with van der Waals surface area (Å²) in [6.07, 6.45) is 5.45. The molecule has 0 radical (unpaired) electrons. The molecule has 0 heterocycles. The average Bonchev–Trinajstić information content (AvgIpc) is 2.80. The highest BCUT2D eigenvalue weighted by Crippen LogP contribution is 2.25. The van der Waals surface area contributed by atoms with Crippen LogP contribution in [0.25, 0.3) is 0 Å². The monoisotopic (exact) mass is 205 g/mol. The molecule has 0 unspecified atom stereocenters. The van der Waals surface area contributed by atoms with Crippen LogP contribution in [0.1, 0.15) is 25.7 Å². The van der Waals surface area contributed by atoms with Gasteiger partial charge in [-0.05, 0) is 43.0 Å². The van der Waals surface area contributed by atoms with Crippen molar-refractivity contribution in [3.63, 3.8) is 0 Å². The van der Waals surface area contributed by atoms with E-state index in [0.29, 0.717) is 0 Å². The van der Waals surface area contributed by atoms with Crippen LogP contribution in [0, 0.1) is 5.92 Å². The fourth-order valence-electron chi connectivity index (χ4n) is 2.11. The number of anilines is 1. The van der Waals surface area contributed by atoms with E-state index < -0.39 is 0 Å². The average molecular weight is 205 g/mol. The summed E-state index contributed by atoms with van der Waals surface area (Å²) < 4.78 is 5.76. The molecular formula is C13H19NO. The topological polar surface area (TPSA) is 21.3 Å². The van der Waals surface area contributed by atoms with E-state index >= 15 is 0 Å². The Morgan fingerprint density at radius 2 is 1.87 bits per heavy atom. The second-order valence-electron chi connectivity index (χ2n) is 4.24. The van der Waals surface area contributed by atoms with Crippen molar-refractivity contribution < 1.29 is 4.74 Å². The zero-order valence-corrected chi connectivity index (χ0v) is 9.33. The summed E-state index contributed by atoms with van der Waals surface area (Å²) in [5, 5.41) is 3.10. The molecule has 0 bridgehead atoms. The zero-order chi connectivity index (χ0) is 10.5. The molecule has 1 aromatic carbocycles. The van der Waals surface area contributed by atoms with E-state index in [-0.39, 0.29) is 0 Å². The van der Waals surface area contributed by atoms with Crippen molar-refractivity contribution in [1.82, 2.24) is 0 Å². The van der Waals surface area contributed by atoms with Crippen LogP contribution in [0.2, 0.25) is 0 Å². The summed E-state index contributed by atoms with van der Waals surface area (Å²) in [5.41, 5.74) is 1.13. The first kappa shape index (κ1) is 10.3. The largest absolute Gasteiger partial charge is 0.493 e. The van der Waals surface area contributed by atoms with Crippen molar-refractivity contribution in [2.75, 3.05) is 19.0 Å². The molecule has 1 aliphatic rings. The van der Waals surface area contributed by atoms with Crippen molar-refractivity contribution in [3.05, 3.63) is 24.3 Å². The Hall–Kier alpha value is -1.18. The van der Waals surface area contributed by atoms with E-state index in [0.717, 1.165) is 24.0 Å². The highest BCUT2D eigenvalue weighted by molar-refractivity contribution is 5.45. The van der Waals surface area contributed by atoms with Crippen molar-refractivity contribution in [2.45, 2.75) is 25.7 Å². The van der Waals surface area contributed by atoms with Gasteiger partial charge in [-0.2, -0.15) is 0 Å². The molecule has 0 aliphatic heterocycles. The summed E-state index contributed by atoms with van der Waals surface area (Å²) in [6, 6.07) is 8.15. The van der Waals surface area contributed by atoms with Crippen LogP contribution in [0.3, 0.4) is 0 Å². The summed E-state index contributed by atoms with van der Waals surface area (Å²) in [7, 11) is 1.92. The summed E-state index contributed by atoms with van der Waals surface area (Å²) in [6.45, 7) is 0.888. The third-order valence-electron chi connectivity index (χ3n) is 3.10. The third kappa shape index (κ3) is 2.88. The molecule has 0 aromatic heterocycles. The van der Waals surface area contributed by atoms with Crippen LogP contribution < -0.4 is 10.1 Å². The Bertz CT molecular complexity index is 288. The second-order valence-corrected chi connectivity index (χ2v) is 4.24. The fourth-order valence-corrected chi connectivity index (χ4v) is 2.11. The number of hydrogen-bond acceptors (Lipinski definition) is 2. The maximum Gasteiger partial charge on any atom is 0.119 e. The first-order valence-corrected chi connectivity index (χ1v) is 5.79. The van der Waals surface area contributed by atoms with Crippen molar-refractivity contribution in [1.29, 1.82) is 0 Å². The van der Waals surface area contributed by atoms with Gasteiger partial charge in [0.25, 0.3) is 0 Å². The zero-order valence-electron chi connectivity index (χ0n) is 9.33. The Kier molecular flexibility index (Phi) is 3.49. The molecule has 1 aromatic rings. The molecular weight excluding hydrogens is 186 g/mol. The molecule has 0 saturated heterocycles. The molecule has 1 fully saturated rings. The van der Waals surface area contributed by atoms with Crippen LogP contribution in [0.5, 0.6) is 5.75 Å². The van der Waals surface area contributed by atoms with Gasteiger partial charge in [0, 0.05) is 12.7 Å². The van der Waals surface area contributed by atoms with Gasteiger partial charge in [0.2, 0.25) is 0 Å². The predicted octanol–water partition coefficient (Wildman–Crippen LogP) is 3.30. The molecule has 2 rings (SSSR count). The first-order valence-electron chi connectivity index (χ1n) is 5.79. The summed E-state index contributed by atoms with van der Waals surface area (Å²) >= 11 is 0. The van der Waals surface area contributed by atoms with E-state index in [2.05, 4.69) is 5.32 Å². The first-order chi connectivity index (χ1) is 7.38. The maximum absolute atomic E-state index is 5.76. The van der Waals surface area contributed by atoms with E-state index in [4.69, 9.17) is 4.74 Å². The van der Waals surface area contributed by atoms with Crippen LogP contribution >= 0.6 is 0 Å². The smallest absolute Gasteiger partial charge is 0.119 e. The molecule has 2 nitrogen and oxygen atoms in total. The molecule has 15 heavy (non-hydrogen) atoms. The normalized spacial score (nSPS) is 16.6. The van der Waals surface area contributed by atoms with Gasteiger partial charge < -0.3 is 10.1 Å². The second kappa shape index (κ2) is 5.06. The van der Waals surface area contributed by atoms with Gasteiger partial charge in [0.15, 0.2) is 0 Å². The lowest BCUT2D eigenvalue weighted by molar-refractivity contribution is 0.252. The van der Waals surface area contributed by atoms with Crippen LogP contribution in [0.15, 0.2) is 24.3 Å². The standard InChI is InChI=1S/C13H19NO/c1-14-12-6-8-13(9-7-12)15-10-11-4-2-3-5-11/h6-9,11,14H,2-5,10H2,1H3. The minimum atomic E-state index is 0.786. The SMILES string of the molecule is CNc1ccc(OCC2CCCC2)cc1. The third-order valence-corrected chi connectivity index (χ3v) is 3.10. The van der Waals surface area contributed by atoms with Gasteiger partial charge in [-0.15, -0.1) is 0 Å². The molecule has 82 valence electrons. The highest BCUT2D eigenvalue weighted by Gasteiger charge is 2.15. The van der Waals surface area contributed by atoms with Gasteiger partial charge in [-0.3, -0.25) is 0 Å². The quantitative estimate of drug-likeness (QED) is 0.814. The molecule has 2 heteroatoms. The van der Waals surface area contributed by atoms with Crippen molar-refractivity contribution in [2.24, 2.45) is 5.92 Å². The van der Waals surface area contributed by atoms with E-state index in [9.17, 15) is 0 Å². The summed E-state index contributed by atoms with van der Waals surface area (Å²) in [5.74, 6) is 1.77. The number of hydrogen-bond donors (Lipinski definition) is 1. The van der Waals surface area contributed by atoms with Crippen molar-refractivity contribution >= 4 is 5.69 Å². The number of rotatable bonds is 4. The van der Waals surface area contributed by atoms with Gasteiger partial charge in [0.05, 0.1) is 6.61 Å². The molecule has 1 aliphatic carbocycles. The molecule has 0 amide bonds. The molecule has 0 atom stereocenters. The lowest BCUT2D eigenvalue weighted by Crippen LogP contribution is -2.07. The number of ether oxygens (including phenoxy) is 1. The Morgan fingerprint density at radius 1 is 1.20 bits per heavy atom. The van der Waals surface area contributed by atoms with Crippen LogP contribution in [0.4, 0.5) is 5.69 Å². The summed E-state index contributed by atoms with van der Waals surface area (Å²) in [4.78, 5) is 0. The van der Waals surface area contributed by atoms with Gasteiger partial charge in [-0.25, -0.2) is 0 Å². The predicted molar refractivity (Wildman–Crippen MR) is 63.4 cm³/mol. The Balaban J connectivity index is 1.82. The molecule has 1 saturated carbocycles.